The van der Waals surface area contributed by atoms with Crippen LogP contribution in [-0.4, -0.2) is 33.7 Å². The van der Waals surface area contributed by atoms with Gasteiger partial charge in [0.1, 0.15) is 29.0 Å². The average molecular weight is 384 g/mol. The number of hydrogen-bond donors (Lipinski definition) is 0. The summed E-state index contributed by atoms with van der Waals surface area (Å²) in [7, 11) is 3.07. The number of fused-ring (bicyclic) bond motifs is 1. The number of ether oxygens (including phenoxy) is 1. The molecule has 0 unspecified atom stereocenters. The van der Waals surface area contributed by atoms with Crippen molar-refractivity contribution >= 4 is 23.2 Å². The molecule has 4 aromatic rings. The van der Waals surface area contributed by atoms with Crippen LogP contribution in [-0.2, 0) is 15.8 Å². The summed E-state index contributed by atoms with van der Waals surface area (Å²) in [5.41, 5.74) is 3.02. The summed E-state index contributed by atoms with van der Waals surface area (Å²) in [6.45, 7) is 0.602. The van der Waals surface area contributed by atoms with Crippen molar-refractivity contribution in [1.29, 1.82) is 0 Å². The highest BCUT2D eigenvalue weighted by atomic mass is 32.2. The molecule has 27 heavy (non-hydrogen) atoms. The minimum absolute atomic E-state index is 0.396. The SMILES string of the molecule is COOSc1nc(-c2ccco2)c2ncn(Cc3ccc(OC)cc3)c2n1. The van der Waals surface area contributed by atoms with Gasteiger partial charge in [-0.15, -0.1) is 0 Å². The van der Waals surface area contributed by atoms with Gasteiger partial charge in [0, 0.05) is 0 Å². The van der Waals surface area contributed by atoms with Crippen molar-refractivity contribution in [3.63, 3.8) is 0 Å². The molecule has 9 heteroatoms. The van der Waals surface area contributed by atoms with E-state index in [1.165, 1.54) is 7.11 Å². The Kier molecular flexibility index (Phi) is 5.05. The van der Waals surface area contributed by atoms with Crippen LogP contribution in [0.25, 0.3) is 22.6 Å². The van der Waals surface area contributed by atoms with Crippen LogP contribution in [0.2, 0.25) is 0 Å². The zero-order valence-electron chi connectivity index (χ0n) is 14.7. The third-order valence-corrected chi connectivity index (χ3v) is 4.42. The van der Waals surface area contributed by atoms with E-state index in [4.69, 9.17) is 13.5 Å². The monoisotopic (exact) mass is 384 g/mol. The highest BCUT2D eigenvalue weighted by Crippen LogP contribution is 2.29. The van der Waals surface area contributed by atoms with Gasteiger partial charge in [-0.25, -0.2) is 19.8 Å². The number of benzene rings is 1. The molecule has 0 radical (unpaired) electrons. The van der Waals surface area contributed by atoms with E-state index in [1.807, 2.05) is 34.9 Å². The number of aromatic nitrogens is 4. The lowest BCUT2D eigenvalue weighted by Gasteiger charge is -2.07. The fourth-order valence-corrected chi connectivity index (χ4v) is 3.04. The molecular formula is C18H16N4O4S. The average Bonchev–Trinajstić information content (AvgIpc) is 3.37. The Morgan fingerprint density at radius 3 is 2.67 bits per heavy atom. The Hall–Kier alpha value is -2.88. The molecule has 0 N–H and O–H groups in total. The molecule has 0 saturated carbocycles. The molecule has 3 aromatic heterocycles. The number of methoxy groups -OCH3 is 1. The maximum Gasteiger partial charge on any atom is 0.221 e. The molecule has 0 spiro atoms. The molecule has 0 bridgehead atoms. The zero-order valence-corrected chi connectivity index (χ0v) is 15.5. The van der Waals surface area contributed by atoms with Gasteiger partial charge in [0.15, 0.2) is 11.4 Å². The van der Waals surface area contributed by atoms with E-state index in [0.717, 1.165) is 23.4 Å². The smallest absolute Gasteiger partial charge is 0.221 e. The first-order valence-corrected chi connectivity index (χ1v) is 8.79. The molecule has 4 rings (SSSR count). The van der Waals surface area contributed by atoms with E-state index in [2.05, 4.69) is 19.8 Å². The Labute approximate surface area is 159 Å². The Bertz CT molecular complexity index is 1030. The van der Waals surface area contributed by atoms with Gasteiger partial charge in [-0.1, -0.05) is 12.1 Å². The second-order valence-electron chi connectivity index (χ2n) is 5.54. The predicted octanol–water partition coefficient (Wildman–Crippen LogP) is 3.73. The molecule has 0 aliphatic rings. The van der Waals surface area contributed by atoms with Crippen LogP contribution in [0.1, 0.15) is 5.56 Å². The Morgan fingerprint density at radius 2 is 1.96 bits per heavy atom. The summed E-state index contributed by atoms with van der Waals surface area (Å²) in [6, 6.07) is 11.5. The third kappa shape index (κ3) is 3.65. The van der Waals surface area contributed by atoms with E-state index in [9.17, 15) is 0 Å². The number of hydrogen-bond acceptors (Lipinski definition) is 8. The molecule has 0 amide bonds. The van der Waals surface area contributed by atoms with Crippen molar-refractivity contribution in [3.8, 4) is 17.2 Å². The molecule has 0 atom stereocenters. The maximum atomic E-state index is 5.51. The number of nitrogens with zero attached hydrogens (tertiary/aromatic N) is 4. The minimum atomic E-state index is 0.396. The zero-order chi connectivity index (χ0) is 18.6. The topological polar surface area (TPSA) is 84.4 Å². The standard InChI is InChI=1S/C18H16N4O4S/c1-23-13-7-5-12(6-8-13)10-22-11-19-16-15(14-4-3-9-25-14)20-18(21-17(16)22)27-26-24-2/h3-9,11H,10H2,1-2H3. The first kappa shape index (κ1) is 17.5. The third-order valence-electron chi connectivity index (χ3n) is 3.89. The fraction of sp³-hybridized carbons (Fsp3) is 0.167. The quantitative estimate of drug-likeness (QED) is 0.206. The lowest BCUT2D eigenvalue weighted by molar-refractivity contribution is -0.160. The van der Waals surface area contributed by atoms with E-state index < -0.39 is 0 Å². The number of imidazole rings is 1. The highest BCUT2D eigenvalue weighted by Gasteiger charge is 2.17. The van der Waals surface area contributed by atoms with Crippen molar-refractivity contribution in [1.82, 2.24) is 19.5 Å². The summed E-state index contributed by atoms with van der Waals surface area (Å²) >= 11 is 0.926. The lowest BCUT2D eigenvalue weighted by atomic mass is 10.2. The van der Waals surface area contributed by atoms with Crippen molar-refractivity contribution in [2.24, 2.45) is 0 Å². The molecule has 0 fully saturated rings. The summed E-state index contributed by atoms with van der Waals surface area (Å²) in [5.74, 6) is 1.42. The van der Waals surface area contributed by atoms with Crippen molar-refractivity contribution in [2.75, 3.05) is 14.2 Å². The van der Waals surface area contributed by atoms with E-state index in [0.29, 0.717) is 34.3 Å². The van der Waals surface area contributed by atoms with Gasteiger partial charge in [-0.3, -0.25) is 0 Å². The molecular weight excluding hydrogens is 368 g/mol. The van der Waals surface area contributed by atoms with Gasteiger partial charge in [-0.2, -0.15) is 4.33 Å². The van der Waals surface area contributed by atoms with Crippen molar-refractivity contribution in [3.05, 3.63) is 54.6 Å². The maximum absolute atomic E-state index is 5.51. The summed E-state index contributed by atoms with van der Waals surface area (Å²) in [6.07, 6.45) is 3.33. The fourth-order valence-electron chi connectivity index (χ4n) is 2.65. The summed E-state index contributed by atoms with van der Waals surface area (Å²) < 4.78 is 17.6. The van der Waals surface area contributed by atoms with Crippen LogP contribution in [0.4, 0.5) is 0 Å². The van der Waals surface area contributed by atoms with Crippen molar-refractivity contribution in [2.45, 2.75) is 11.7 Å². The highest BCUT2D eigenvalue weighted by molar-refractivity contribution is 7.94. The predicted molar refractivity (Wildman–Crippen MR) is 99.1 cm³/mol. The van der Waals surface area contributed by atoms with Crippen LogP contribution >= 0.6 is 12.0 Å². The molecule has 0 saturated heterocycles. The Morgan fingerprint density at radius 1 is 1.11 bits per heavy atom. The first-order valence-electron chi connectivity index (χ1n) is 8.05. The molecule has 1 aromatic carbocycles. The molecule has 3 heterocycles. The lowest BCUT2D eigenvalue weighted by Crippen LogP contribution is -2.01. The van der Waals surface area contributed by atoms with Crippen LogP contribution in [0.15, 0.2) is 58.6 Å². The molecule has 8 nitrogen and oxygen atoms in total. The number of furan rings is 1. The molecule has 0 aliphatic carbocycles. The normalized spacial score (nSPS) is 11.2. The molecule has 0 aliphatic heterocycles. The first-order chi connectivity index (χ1) is 13.3. The summed E-state index contributed by atoms with van der Waals surface area (Å²) in [4.78, 5) is 18.2. The van der Waals surface area contributed by atoms with E-state index in [1.54, 1.807) is 25.8 Å². The van der Waals surface area contributed by atoms with E-state index in [-0.39, 0.29) is 0 Å². The van der Waals surface area contributed by atoms with E-state index >= 15 is 0 Å². The van der Waals surface area contributed by atoms with Gasteiger partial charge in [0.05, 0.1) is 33.4 Å². The van der Waals surface area contributed by atoms with Crippen LogP contribution in [0.5, 0.6) is 5.75 Å². The van der Waals surface area contributed by atoms with Crippen LogP contribution in [0, 0.1) is 0 Å². The van der Waals surface area contributed by atoms with Crippen molar-refractivity contribution < 1.29 is 18.4 Å². The summed E-state index contributed by atoms with van der Waals surface area (Å²) in [5, 5.41) is 0.396. The van der Waals surface area contributed by atoms with Gasteiger partial charge in [0.25, 0.3) is 0 Å². The van der Waals surface area contributed by atoms with Gasteiger partial charge < -0.3 is 13.7 Å². The van der Waals surface area contributed by atoms with Gasteiger partial charge >= 0.3 is 0 Å². The van der Waals surface area contributed by atoms with Crippen LogP contribution in [0.3, 0.4) is 0 Å². The second kappa shape index (κ2) is 7.78. The minimum Gasteiger partial charge on any atom is -0.497 e. The second-order valence-corrected chi connectivity index (χ2v) is 6.21. The Balaban J connectivity index is 1.76. The largest absolute Gasteiger partial charge is 0.497 e. The number of rotatable bonds is 7. The van der Waals surface area contributed by atoms with Gasteiger partial charge in [0.2, 0.25) is 5.16 Å². The molecule has 138 valence electrons. The van der Waals surface area contributed by atoms with Gasteiger partial charge in [-0.05, 0) is 29.8 Å². The van der Waals surface area contributed by atoms with Crippen LogP contribution < -0.4 is 4.74 Å².